The van der Waals surface area contributed by atoms with Gasteiger partial charge in [0.05, 0.1) is 6.04 Å². The van der Waals surface area contributed by atoms with Crippen LogP contribution < -0.4 is 5.32 Å². The van der Waals surface area contributed by atoms with Gasteiger partial charge in [-0.3, -0.25) is 4.79 Å². The normalized spacial score (nSPS) is 12.5. The van der Waals surface area contributed by atoms with Gasteiger partial charge in [0.1, 0.15) is 0 Å². The van der Waals surface area contributed by atoms with E-state index in [1.54, 1.807) is 7.05 Å². The number of hydrogen-bond donors (Lipinski definition) is 1. The van der Waals surface area contributed by atoms with Crippen molar-refractivity contribution in [2.45, 2.75) is 19.9 Å². The largest absolute Gasteiger partial charge is 0.310 e. The number of nitrogens with one attached hydrogen (secondary N) is 1. The number of aryl methyl sites for hydroxylation is 1. The molecule has 0 saturated heterocycles. The minimum Gasteiger partial charge on any atom is -0.310 e. The van der Waals surface area contributed by atoms with Gasteiger partial charge in [-0.1, -0.05) is 23.8 Å². The fraction of sp³-hybridized carbons (Fsp3) is 0.364. The zero-order valence-electron chi connectivity index (χ0n) is 8.29. The second-order valence-electron chi connectivity index (χ2n) is 3.24. The molecular formula is C11H15NO. The standard InChI is InChI=1S/C11H15NO/c1-8-5-4-6-10(7-8)11(13)9(2)12-3/h4-7,9,12H,1-3H3. The zero-order chi connectivity index (χ0) is 9.84. The first kappa shape index (κ1) is 9.93. The number of ketones is 1. The number of likely N-dealkylation sites (N-methyl/N-ethyl adjacent to an activating group) is 1. The maximum Gasteiger partial charge on any atom is 0.179 e. The van der Waals surface area contributed by atoms with E-state index in [2.05, 4.69) is 5.32 Å². The van der Waals surface area contributed by atoms with Crippen molar-refractivity contribution in [3.8, 4) is 0 Å². The van der Waals surface area contributed by atoms with Crippen LogP contribution in [0.4, 0.5) is 0 Å². The van der Waals surface area contributed by atoms with E-state index < -0.39 is 0 Å². The van der Waals surface area contributed by atoms with Crippen LogP contribution in [0.1, 0.15) is 22.8 Å². The molecule has 0 aromatic heterocycles. The smallest absolute Gasteiger partial charge is 0.179 e. The van der Waals surface area contributed by atoms with Crippen LogP contribution in [0.3, 0.4) is 0 Å². The van der Waals surface area contributed by atoms with Gasteiger partial charge in [-0.2, -0.15) is 0 Å². The molecule has 0 saturated carbocycles. The van der Waals surface area contributed by atoms with Crippen LogP contribution in [0.25, 0.3) is 0 Å². The molecule has 0 bridgehead atoms. The SMILES string of the molecule is CNC(C)C(=O)c1cccc(C)c1. The second-order valence-corrected chi connectivity index (χ2v) is 3.24. The Bertz CT molecular complexity index is 307. The quantitative estimate of drug-likeness (QED) is 0.713. The van der Waals surface area contributed by atoms with Gasteiger partial charge in [0.15, 0.2) is 5.78 Å². The van der Waals surface area contributed by atoms with Gasteiger partial charge in [0.2, 0.25) is 0 Å². The fourth-order valence-corrected chi connectivity index (χ4v) is 1.18. The third kappa shape index (κ3) is 2.39. The predicted molar refractivity (Wildman–Crippen MR) is 54.0 cm³/mol. The van der Waals surface area contributed by atoms with Crippen molar-refractivity contribution in [1.82, 2.24) is 5.32 Å². The number of Topliss-reactive ketones (excluding diaryl/α,β-unsaturated/α-hetero) is 1. The van der Waals surface area contributed by atoms with E-state index in [0.29, 0.717) is 0 Å². The van der Waals surface area contributed by atoms with Gasteiger partial charge < -0.3 is 5.32 Å². The maximum absolute atomic E-state index is 11.7. The van der Waals surface area contributed by atoms with Crippen molar-refractivity contribution < 1.29 is 4.79 Å². The van der Waals surface area contributed by atoms with E-state index in [1.165, 1.54) is 0 Å². The molecule has 0 fully saturated rings. The summed E-state index contributed by atoms with van der Waals surface area (Å²) < 4.78 is 0. The number of carbonyl (C=O) groups excluding carboxylic acids is 1. The number of hydrogen-bond acceptors (Lipinski definition) is 2. The average Bonchev–Trinajstić information content (AvgIpc) is 2.15. The Hall–Kier alpha value is -1.15. The van der Waals surface area contributed by atoms with Crippen LogP contribution in [0.15, 0.2) is 24.3 Å². The number of rotatable bonds is 3. The van der Waals surface area contributed by atoms with E-state index in [9.17, 15) is 4.79 Å². The van der Waals surface area contributed by atoms with Crippen LogP contribution in [-0.4, -0.2) is 18.9 Å². The Labute approximate surface area is 79.0 Å². The van der Waals surface area contributed by atoms with Crippen molar-refractivity contribution in [3.63, 3.8) is 0 Å². The first-order chi connectivity index (χ1) is 6.15. The third-order valence-corrected chi connectivity index (χ3v) is 2.13. The summed E-state index contributed by atoms with van der Waals surface area (Å²) in [4.78, 5) is 11.7. The Morgan fingerprint density at radius 3 is 2.69 bits per heavy atom. The molecule has 2 heteroatoms. The van der Waals surface area contributed by atoms with E-state index in [-0.39, 0.29) is 11.8 Å². The average molecular weight is 177 g/mol. The Balaban J connectivity index is 2.89. The highest BCUT2D eigenvalue weighted by molar-refractivity contribution is 5.99. The van der Waals surface area contributed by atoms with Gasteiger partial charge in [-0.25, -0.2) is 0 Å². The topological polar surface area (TPSA) is 29.1 Å². The van der Waals surface area contributed by atoms with Crippen molar-refractivity contribution in [3.05, 3.63) is 35.4 Å². The number of benzene rings is 1. The molecule has 0 heterocycles. The Kier molecular flexibility index (Phi) is 3.20. The van der Waals surface area contributed by atoms with Crippen molar-refractivity contribution in [2.75, 3.05) is 7.05 Å². The summed E-state index contributed by atoms with van der Waals surface area (Å²) in [7, 11) is 1.79. The molecule has 70 valence electrons. The molecule has 0 aliphatic heterocycles. The van der Waals surface area contributed by atoms with Gasteiger partial charge in [0.25, 0.3) is 0 Å². The highest BCUT2D eigenvalue weighted by Crippen LogP contribution is 2.06. The molecule has 1 atom stereocenters. The summed E-state index contributed by atoms with van der Waals surface area (Å²) in [5.74, 6) is 0.145. The molecule has 1 unspecified atom stereocenters. The molecule has 1 N–H and O–H groups in total. The van der Waals surface area contributed by atoms with Crippen LogP contribution in [0.5, 0.6) is 0 Å². The monoisotopic (exact) mass is 177 g/mol. The molecule has 1 rings (SSSR count). The van der Waals surface area contributed by atoms with Crippen LogP contribution in [0, 0.1) is 6.92 Å². The minimum absolute atomic E-state index is 0.109. The van der Waals surface area contributed by atoms with E-state index in [0.717, 1.165) is 11.1 Å². The molecule has 13 heavy (non-hydrogen) atoms. The molecule has 0 aliphatic carbocycles. The summed E-state index contributed by atoms with van der Waals surface area (Å²) in [5.41, 5.74) is 1.90. The van der Waals surface area contributed by atoms with Crippen LogP contribution in [-0.2, 0) is 0 Å². The van der Waals surface area contributed by atoms with Gasteiger partial charge in [-0.05, 0) is 27.0 Å². The highest BCUT2D eigenvalue weighted by atomic mass is 16.1. The summed E-state index contributed by atoms with van der Waals surface area (Å²) >= 11 is 0. The first-order valence-corrected chi connectivity index (χ1v) is 4.43. The molecule has 0 amide bonds. The van der Waals surface area contributed by atoms with E-state index >= 15 is 0 Å². The summed E-state index contributed by atoms with van der Waals surface area (Å²) in [5, 5.41) is 2.93. The predicted octanol–water partition coefficient (Wildman–Crippen LogP) is 1.79. The van der Waals surface area contributed by atoms with Crippen molar-refractivity contribution >= 4 is 5.78 Å². The lowest BCUT2D eigenvalue weighted by atomic mass is 10.0. The lowest BCUT2D eigenvalue weighted by Gasteiger charge is -2.08. The molecule has 0 spiro atoms. The molecule has 2 nitrogen and oxygen atoms in total. The van der Waals surface area contributed by atoms with Crippen LogP contribution in [0.2, 0.25) is 0 Å². The van der Waals surface area contributed by atoms with Crippen molar-refractivity contribution in [2.24, 2.45) is 0 Å². The summed E-state index contributed by atoms with van der Waals surface area (Å²) in [6, 6.07) is 7.55. The van der Waals surface area contributed by atoms with Crippen molar-refractivity contribution in [1.29, 1.82) is 0 Å². The molecule has 0 radical (unpaired) electrons. The lowest BCUT2D eigenvalue weighted by molar-refractivity contribution is 0.0955. The Morgan fingerprint density at radius 2 is 2.15 bits per heavy atom. The lowest BCUT2D eigenvalue weighted by Crippen LogP contribution is -2.30. The molecule has 1 aromatic carbocycles. The summed E-state index contributed by atoms with van der Waals surface area (Å²) in [6.45, 7) is 3.85. The second kappa shape index (κ2) is 4.19. The zero-order valence-corrected chi connectivity index (χ0v) is 8.29. The maximum atomic E-state index is 11.7. The van der Waals surface area contributed by atoms with Gasteiger partial charge >= 0.3 is 0 Å². The van der Waals surface area contributed by atoms with Crippen LogP contribution >= 0.6 is 0 Å². The third-order valence-electron chi connectivity index (χ3n) is 2.13. The van der Waals surface area contributed by atoms with Gasteiger partial charge in [-0.15, -0.1) is 0 Å². The number of carbonyl (C=O) groups is 1. The Morgan fingerprint density at radius 1 is 1.46 bits per heavy atom. The fourth-order valence-electron chi connectivity index (χ4n) is 1.18. The van der Waals surface area contributed by atoms with E-state index in [4.69, 9.17) is 0 Å². The minimum atomic E-state index is -0.109. The summed E-state index contributed by atoms with van der Waals surface area (Å²) in [6.07, 6.45) is 0. The molecule has 0 aliphatic rings. The van der Waals surface area contributed by atoms with E-state index in [1.807, 2.05) is 38.1 Å². The first-order valence-electron chi connectivity index (χ1n) is 4.43. The molecule has 1 aromatic rings. The van der Waals surface area contributed by atoms with Gasteiger partial charge in [0, 0.05) is 5.56 Å². The molecular weight excluding hydrogens is 162 g/mol. The highest BCUT2D eigenvalue weighted by Gasteiger charge is 2.12.